The minimum atomic E-state index is -0.210. The lowest BCUT2D eigenvalue weighted by Gasteiger charge is -2.17. The summed E-state index contributed by atoms with van der Waals surface area (Å²) in [5.74, 6) is -0.210. The van der Waals surface area contributed by atoms with Crippen LogP contribution in [-0.2, 0) is 4.79 Å². The van der Waals surface area contributed by atoms with Gasteiger partial charge in [0.25, 0.3) is 5.91 Å². The van der Waals surface area contributed by atoms with Crippen LogP contribution in [0.1, 0.15) is 42.0 Å². The Morgan fingerprint density at radius 1 is 0.806 bits per heavy atom. The number of hydrogen-bond acceptors (Lipinski definition) is 2. The second-order valence-electron chi connectivity index (χ2n) is 7.33. The molecule has 0 bridgehead atoms. The van der Waals surface area contributed by atoms with Gasteiger partial charge in [-0.2, -0.15) is 0 Å². The van der Waals surface area contributed by atoms with Crippen molar-refractivity contribution >= 4 is 22.6 Å². The molecular weight excluding hydrogens is 382 g/mol. The summed E-state index contributed by atoms with van der Waals surface area (Å²) in [6.45, 7) is 6.61. The Morgan fingerprint density at radius 2 is 1.32 bits per heavy atom. The molecule has 0 saturated carbocycles. The molecule has 3 heteroatoms. The van der Waals surface area contributed by atoms with Crippen LogP contribution in [0.5, 0.6) is 0 Å². The van der Waals surface area contributed by atoms with E-state index in [1.54, 1.807) is 0 Å². The first-order valence-electron chi connectivity index (χ1n) is 10.7. The highest BCUT2D eigenvalue weighted by atomic mass is 16.3. The molecule has 3 aromatic carbocycles. The first-order chi connectivity index (χ1) is 15.2. The SMILES string of the molecule is C=C(C(=O)NCCCO)c1ccc(/C(=C(/CC)c2ccccc2)c2ccccc2)cc1. The van der Waals surface area contributed by atoms with Gasteiger partial charge < -0.3 is 10.4 Å². The Balaban J connectivity index is 1.99. The number of aliphatic hydroxyl groups is 1. The number of aliphatic hydroxyl groups excluding tert-OH is 1. The van der Waals surface area contributed by atoms with Crippen molar-refractivity contribution in [3.05, 3.63) is 114 Å². The minimum absolute atomic E-state index is 0.0528. The third kappa shape index (κ3) is 5.59. The molecule has 0 aliphatic carbocycles. The first-order valence-corrected chi connectivity index (χ1v) is 10.7. The second-order valence-corrected chi connectivity index (χ2v) is 7.33. The molecule has 1 amide bonds. The third-order valence-electron chi connectivity index (χ3n) is 5.26. The predicted octanol–water partition coefficient (Wildman–Crippen LogP) is 5.57. The van der Waals surface area contributed by atoms with Crippen molar-refractivity contribution < 1.29 is 9.90 Å². The van der Waals surface area contributed by atoms with E-state index in [-0.39, 0.29) is 12.5 Å². The Hall–Kier alpha value is -3.43. The molecule has 0 atom stereocenters. The van der Waals surface area contributed by atoms with Crippen LogP contribution in [0.25, 0.3) is 16.7 Å². The van der Waals surface area contributed by atoms with Crippen molar-refractivity contribution in [1.82, 2.24) is 5.32 Å². The molecule has 31 heavy (non-hydrogen) atoms. The van der Waals surface area contributed by atoms with Gasteiger partial charge in [0.15, 0.2) is 0 Å². The van der Waals surface area contributed by atoms with Crippen molar-refractivity contribution in [2.45, 2.75) is 19.8 Å². The standard InChI is InChI=1S/C28H29NO2/c1-3-26(23-11-6-4-7-12-23)27(24-13-8-5-9-14-24)25-17-15-22(16-18-25)21(2)28(31)29-19-10-20-30/h4-9,11-18,30H,2-3,10,19-20H2,1H3,(H,29,31)/b27-26-. The number of allylic oxidation sites excluding steroid dienone is 1. The van der Waals surface area contributed by atoms with Gasteiger partial charge in [-0.05, 0) is 46.2 Å². The summed E-state index contributed by atoms with van der Waals surface area (Å²) >= 11 is 0. The van der Waals surface area contributed by atoms with E-state index in [9.17, 15) is 4.79 Å². The summed E-state index contributed by atoms with van der Waals surface area (Å²) in [7, 11) is 0. The normalized spacial score (nSPS) is 11.5. The zero-order valence-corrected chi connectivity index (χ0v) is 18.0. The summed E-state index contributed by atoms with van der Waals surface area (Å²) in [5.41, 5.74) is 7.16. The molecule has 2 N–H and O–H groups in total. The van der Waals surface area contributed by atoms with Crippen molar-refractivity contribution in [1.29, 1.82) is 0 Å². The summed E-state index contributed by atoms with van der Waals surface area (Å²) in [6, 6.07) is 28.9. The molecule has 0 aliphatic heterocycles. The van der Waals surface area contributed by atoms with Gasteiger partial charge in [0.2, 0.25) is 0 Å². The van der Waals surface area contributed by atoms with E-state index in [0.717, 1.165) is 23.1 Å². The lowest BCUT2D eigenvalue weighted by atomic mass is 9.87. The monoisotopic (exact) mass is 411 g/mol. The molecular formula is C28H29NO2. The van der Waals surface area contributed by atoms with Crippen LogP contribution in [0.2, 0.25) is 0 Å². The molecule has 158 valence electrons. The van der Waals surface area contributed by atoms with Crippen molar-refractivity contribution in [2.24, 2.45) is 0 Å². The zero-order chi connectivity index (χ0) is 22.1. The van der Waals surface area contributed by atoms with E-state index in [0.29, 0.717) is 18.5 Å². The highest BCUT2D eigenvalue weighted by Crippen LogP contribution is 2.34. The van der Waals surface area contributed by atoms with E-state index >= 15 is 0 Å². The Labute approximate surface area is 184 Å². The van der Waals surface area contributed by atoms with Crippen LogP contribution in [0, 0.1) is 0 Å². The highest BCUT2D eigenvalue weighted by Gasteiger charge is 2.14. The second kappa shape index (κ2) is 11.1. The van der Waals surface area contributed by atoms with Gasteiger partial charge in [-0.15, -0.1) is 0 Å². The van der Waals surface area contributed by atoms with E-state index in [1.165, 1.54) is 16.7 Å². The molecule has 0 spiro atoms. The molecule has 3 rings (SSSR count). The lowest BCUT2D eigenvalue weighted by Crippen LogP contribution is -2.25. The molecule has 0 aromatic heterocycles. The number of nitrogens with one attached hydrogen (secondary N) is 1. The van der Waals surface area contributed by atoms with E-state index in [2.05, 4.69) is 79.5 Å². The van der Waals surface area contributed by atoms with Gasteiger partial charge in [0.1, 0.15) is 0 Å². The fourth-order valence-electron chi connectivity index (χ4n) is 3.64. The number of hydrogen-bond donors (Lipinski definition) is 2. The summed E-state index contributed by atoms with van der Waals surface area (Å²) in [4.78, 5) is 12.3. The first kappa shape index (κ1) is 22.3. The van der Waals surface area contributed by atoms with Gasteiger partial charge in [0, 0.05) is 18.7 Å². The summed E-state index contributed by atoms with van der Waals surface area (Å²) in [6.07, 6.45) is 1.43. The third-order valence-corrected chi connectivity index (χ3v) is 5.26. The van der Waals surface area contributed by atoms with Gasteiger partial charge in [0.05, 0.1) is 0 Å². The van der Waals surface area contributed by atoms with Gasteiger partial charge in [-0.3, -0.25) is 4.79 Å². The summed E-state index contributed by atoms with van der Waals surface area (Å²) < 4.78 is 0. The molecule has 0 aliphatic rings. The number of benzene rings is 3. The van der Waals surface area contributed by atoms with E-state index in [4.69, 9.17) is 5.11 Å². The minimum Gasteiger partial charge on any atom is -0.396 e. The van der Waals surface area contributed by atoms with Crippen molar-refractivity contribution in [2.75, 3.05) is 13.2 Å². The van der Waals surface area contributed by atoms with Crippen LogP contribution in [0.4, 0.5) is 0 Å². The number of carbonyl (C=O) groups is 1. The molecule has 0 fully saturated rings. The van der Waals surface area contributed by atoms with Crippen LogP contribution < -0.4 is 5.32 Å². The summed E-state index contributed by atoms with van der Waals surface area (Å²) in [5, 5.41) is 11.7. The molecule has 0 unspecified atom stereocenters. The Kier molecular flexibility index (Phi) is 7.97. The maximum absolute atomic E-state index is 12.3. The fraction of sp³-hybridized carbons (Fsp3) is 0.179. The van der Waals surface area contributed by atoms with Gasteiger partial charge in [-0.25, -0.2) is 0 Å². The maximum Gasteiger partial charge on any atom is 0.251 e. The molecule has 0 heterocycles. The van der Waals surface area contributed by atoms with Gasteiger partial charge >= 0.3 is 0 Å². The average molecular weight is 412 g/mol. The quantitative estimate of drug-likeness (QED) is 0.275. The molecule has 3 aromatic rings. The molecule has 3 nitrogen and oxygen atoms in total. The van der Waals surface area contributed by atoms with Crippen molar-refractivity contribution in [3.63, 3.8) is 0 Å². The van der Waals surface area contributed by atoms with Crippen LogP contribution in [0.3, 0.4) is 0 Å². The maximum atomic E-state index is 12.3. The van der Waals surface area contributed by atoms with Crippen molar-refractivity contribution in [3.8, 4) is 0 Å². The Bertz CT molecular complexity index is 1040. The van der Waals surface area contributed by atoms with Gasteiger partial charge in [-0.1, -0.05) is 98.4 Å². The topological polar surface area (TPSA) is 49.3 Å². The van der Waals surface area contributed by atoms with Crippen LogP contribution >= 0.6 is 0 Å². The van der Waals surface area contributed by atoms with E-state index < -0.39 is 0 Å². The number of amides is 1. The smallest absolute Gasteiger partial charge is 0.251 e. The average Bonchev–Trinajstić information content (AvgIpc) is 2.83. The zero-order valence-electron chi connectivity index (χ0n) is 18.0. The Morgan fingerprint density at radius 3 is 1.87 bits per heavy atom. The largest absolute Gasteiger partial charge is 0.396 e. The predicted molar refractivity (Wildman–Crippen MR) is 129 cm³/mol. The fourth-order valence-corrected chi connectivity index (χ4v) is 3.64. The van der Waals surface area contributed by atoms with E-state index in [1.807, 2.05) is 24.3 Å². The lowest BCUT2D eigenvalue weighted by molar-refractivity contribution is -0.115. The highest BCUT2D eigenvalue weighted by molar-refractivity contribution is 6.18. The van der Waals surface area contributed by atoms with Crippen LogP contribution in [-0.4, -0.2) is 24.2 Å². The molecule has 0 radical (unpaired) electrons. The molecule has 0 saturated heterocycles. The number of rotatable bonds is 9. The van der Waals surface area contributed by atoms with Crippen LogP contribution in [0.15, 0.2) is 91.5 Å². The number of carbonyl (C=O) groups excluding carboxylic acids is 1.